The maximum absolute atomic E-state index is 13.4. The first-order valence-electron chi connectivity index (χ1n) is 11.0. The first-order valence-corrected chi connectivity index (χ1v) is 11.8. The summed E-state index contributed by atoms with van der Waals surface area (Å²) in [4.78, 5) is 26.4. The molecule has 0 aromatic heterocycles. The number of halogens is 1. The number of rotatable bonds is 6. The molecule has 2 aliphatic rings. The Morgan fingerprint density at radius 2 is 2.00 bits per heavy atom. The number of ketones is 1. The van der Waals surface area contributed by atoms with Gasteiger partial charge >= 0.3 is 5.97 Å². The Morgan fingerprint density at radius 1 is 1.24 bits per heavy atom. The lowest BCUT2D eigenvalue weighted by Gasteiger charge is -2.38. The Morgan fingerprint density at radius 3 is 2.73 bits per heavy atom. The number of hydrogen-bond acceptors (Lipinski definition) is 6. The van der Waals surface area contributed by atoms with Crippen LogP contribution < -0.4 is 10.1 Å². The molecule has 6 nitrogen and oxygen atoms in total. The number of ether oxygens (including phenoxy) is 2. The zero-order valence-electron chi connectivity index (χ0n) is 18.4. The largest absolute Gasteiger partial charge is 0.503 e. The number of Topliss-reactive ketones (excluding diaryl/α,β-unsaturated/α-hetero) is 1. The monoisotopic (exact) mass is 511 g/mol. The summed E-state index contributed by atoms with van der Waals surface area (Å²) in [5.74, 6) is -1.60. The van der Waals surface area contributed by atoms with Crippen molar-refractivity contribution in [2.24, 2.45) is 5.92 Å². The van der Waals surface area contributed by atoms with Crippen LogP contribution in [0.1, 0.15) is 43.2 Å². The summed E-state index contributed by atoms with van der Waals surface area (Å²) in [7, 11) is 0. The van der Waals surface area contributed by atoms with Gasteiger partial charge in [-0.1, -0.05) is 36.9 Å². The molecule has 2 unspecified atom stereocenters. The molecule has 33 heavy (non-hydrogen) atoms. The maximum atomic E-state index is 13.4. The molecule has 2 N–H and O–H groups in total. The number of carbonyl (C=O) groups excluding carboxylic acids is 2. The second-order valence-corrected chi connectivity index (χ2v) is 9.00. The highest BCUT2D eigenvalue weighted by molar-refractivity contribution is 9.10. The standard InChI is InChI=1S/C26H26BrNO5/c1-3-32-21-13-17(12-18(27)25(21)30)23-22(26(31)33-14-16-8-5-4-6-9-16)15(2)28-19-10-7-11-20(29)24(19)23/h4-6,8-9,12-13,22-23,28,30H,2-3,7,10-11,14H2,1H3. The number of allylic oxidation sites excluding steroid dienone is 2. The molecule has 0 fully saturated rings. The molecule has 0 saturated heterocycles. The number of phenols is 1. The van der Waals surface area contributed by atoms with Gasteiger partial charge in [0.15, 0.2) is 17.3 Å². The van der Waals surface area contributed by atoms with Gasteiger partial charge in [0, 0.05) is 29.3 Å². The summed E-state index contributed by atoms with van der Waals surface area (Å²) >= 11 is 3.38. The zero-order chi connectivity index (χ0) is 23.5. The average Bonchev–Trinajstić information content (AvgIpc) is 2.80. The first-order chi connectivity index (χ1) is 15.9. The zero-order valence-corrected chi connectivity index (χ0v) is 20.0. The van der Waals surface area contributed by atoms with E-state index in [9.17, 15) is 14.7 Å². The minimum atomic E-state index is -0.805. The minimum Gasteiger partial charge on any atom is -0.503 e. The topological polar surface area (TPSA) is 84.9 Å². The van der Waals surface area contributed by atoms with Crippen LogP contribution >= 0.6 is 15.9 Å². The fraction of sp³-hybridized carbons (Fsp3) is 0.308. The molecular formula is C26H26BrNO5. The van der Waals surface area contributed by atoms with Gasteiger partial charge in [0.1, 0.15) is 12.5 Å². The summed E-state index contributed by atoms with van der Waals surface area (Å²) in [5, 5.41) is 13.6. The van der Waals surface area contributed by atoms with Crippen LogP contribution in [0.15, 0.2) is 70.5 Å². The molecule has 7 heteroatoms. The van der Waals surface area contributed by atoms with E-state index in [2.05, 4.69) is 27.8 Å². The van der Waals surface area contributed by atoms with Crippen molar-refractivity contribution in [2.45, 2.75) is 38.7 Å². The van der Waals surface area contributed by atoms with Crippen LogP contribution in [0.5, 0.6) is 11.5 Å². The van der Waals surface area contributed by atoms with E-state index in [1.54, 1.807) is 12.1 Å². The van der Waals surface area contributed by atoms with Gasteiger partial charge < -0.3 is 19.9 Å². The first kappa shape index (κ1) is 23.1. The van der Waals surface area contributed by atoms with E-state index in [4.69, 9.17) is 9.47 Å². The number of hydrogen-bond donors (Lipinski definition) is 2. The summed E-state index contributed by atoms with van der Waals surface area (Å²) in [6, 6.07) is 12.9. The van der Waals surface area contributed by atoms with Gasteiger partial charge in [-0.2, -0.15) is 0 Å². The third kappa shape index (κ3) is 4.69. The second-order valence-electron chi connectivity index (χ2n) is 8.15. The van der Waals surface area contributed by atoms with Gasteiger partial charge in [-0.3, -0.25) is 9.59 Å². The number of aromatic hydroxyl groups is 1. The van der Waals surface area contributed by atoms with Crippen LogP contribution in [0.2, 0.25) is 0 Å². The molecule has 0 amide bonds. The minimum absolute atomic E-state index is 0.00395. The summed E-state index contributed by atoms with van der Waals surface area (Å²) < 4.78 is 11.7. The van der Waals surface area contributed by atoms with Crippen molar-refractivity contribution in [3.8, 4) is 11.5 Å². The molecule has 172 valence electrons. The summed E-state index contributed by atoms with van der Waals surface area (Å²) in [6.45, 7) is 6.42. The SMILES string of the molecule is C=C1NC2=C(C(=O)CCC2)C(c2cc(Br)c(O)c(OCC)c2)C1C(=O)OCc1ccccc1. The van der Waals surface area contributed by atoms with Gasteiger partial charge in [0.2, 0.25) is 0 Å². The average molecular weight is 512 g/mol. The smallest absolute Gasteiger partial charge is 0.316 e. The number of benzene rings is 2. The van der Waals surface area contributed by atoms with Crippen molar-refractivity contribution in [1.82, 2.24) is 5.32 Å². The van der Waals surface area contributed by atoms with E-state index in [1.807, 2.05) is 37.3 Å². The number of carbonyl (C=O) groups is 2. The molecule has 0 radical (unpaired) electrons. The Kier molecular flexibility index (Phi) is 6.88. The molecule has 0 saturated carbocycles. The van der Waals surface area contributed by atoms with E-state index in [-0.39, 0.29) is 23.9 Å². The highest BCUT2D eigenvalue weighted by atomic mass is 79.9. The Bertz CT molecular complexity index is 1130. The third-order valence-electron chi connectivity index (χ3n) is 5.97. The molecule has 2 aromatic carbocycles. The molecule has 0 spiro atoms. The van der Waals surface area contributed by atoms with Crippen LogP contribution in [-0.2, 0) is 20.9 Å². The fourth-order valence-corrected chi connectivity index (χ4v) is 4.95. The fourth-order valence-electron chi connectivity index (χ4n) is 4.49. The molecule has 1 aliphatic heterocycles. The molecule has 2 atom stereocenters. The van der Waals surface area contributed by atoms with Crippen molar-refractivity contribution >= 4 is 27.7 Å². The molecule has 0 bridgehead atoms. The van der Waals surface area contributed by atoms with Crippen molar-refractivity contribution in [3.63, 3.8) is 0 Å². The van der Waals surface area contributed by atoms with Crippen LogP contribution in [-0.4, -0.2) is 23.5 Å². The van der Waals surface area contributed by atoms with Crippen molar-refractivity contribution in [3.05, 3.63) is 81.6 Å². The third-order valence-corrected chi connectivity index (χ3v) is 6.58. The predicted octanol–water partition coefficient (Wildman–Crippen LogP) is 5.12. The Labute approximate surface area is 201 Å². The maximum Gasteiger partial charge on any atom is 0.316 e. The normalized spacial score (nSPS) is 20.2. The van der Waals surface area contributed by atoms with E-state index in [0.717, 1.165) is 17.7 Å². The highest BCUT2D eigenvalue weighted by Gasteiger charge is 2.44. The van der Waals surface area contributed by atoms with E-state index >= 15 is 0 Å². The van der Waals surface area contributed by atoms with Crippen LogP contribution in [0.3, 0.4) is 0 Å². The van der Waals surface area contributed by atoms with Crippen LogP contribution in [0, 0.1) is 5.92 Å². The number of phenolic OH excluding ortho intramolecular Hbond substituents is 1. The van der Waals surface area contributed by atoms with Crippen LogP contribution in [0.25, 0.3) is 0 Å². The van der Waals surface area contributed by atoms with Gasteiger partial charge in [-0.15, -0.1) is 0 Å². The summed E-state index contributed by atoms with van der Waals surface area (Å²) in [5.41, 5.74) is 3.42. The van der Waals surface area contributed by atoms with E-state index in [0.29, 0.717) is 40.8 Å². The van der Waals surface area contributed by atoms with Gasteiger partial charge in [-0.25, -0.2) is 0 Å². The van der Waals surface area contributed by atoms with Crippen molar-refractivity contribution in [2.75, 3.05) is 6.61 Å². The number of esters is 1. The lowest BCUT2D eigenvalue weighted by Crippen LogP contribution is -2.41. The van der Waals surface area contributed by atoms with E-state index in [1.165, 1.54) is 0 Å². The van der Waals surface area contributed by atoms with Crippen molar-refractivity contribution in [1.29, 1.82) is 0 Å². The summed E-state index contributed by atoms with van der Waals surface area (Å²) in [6.07, 6.45) is 1.88. The Balaban J connectivity index is 1.76. The highest BCUT2D eigenvalue weighted by Crippen LogP contribution is 2.47. The predicted molar refractivity (Wildman–Crippen MR) is 128 cm³/mol. The van der Waals surface area contributed by atoms with Gasteiger partial charge in [0.25, 0.3) is 0 Å². The Hall–Kier alpha value is -3.06. The van der Waals surface area contributed by atoms with Gasteiger partial charge in [-0.05, 0) is 59.0 Å². The molecule has 1 heterocycles. The van der Waals surface area contributed by atoms with Gasteiger partial charge in [0.05, 0.1) is 11.1 Å². The molecule has 1 aliphatic carbocycles. The van der Waals surface area contributed by atoms with Crippen LogP contribution in [0.4, 0.5) is 0 Å². The second kappa shape index (κ2) is 9.83. The lowest BCUT2D eigenvalue weighted by atomic mass is 9.71. The molecule has 2 aromatic rings. The quantitative estimate of drug-likeness (QED) is 0.523. The lowest BCUT2D eigenvalue weighted by molar-refractivity contribution is -0.149. The molecule has 4 rings (SSSR count). The van der Waals surface area contributed by atoms with E-state index < -0.39 is 17.8 Å². The van der Waals surface area contributed by atoms with Crippen molar-refractivity contribution < 1.29 is 24.2 Å². The number of nitrogens with one attached hydrogen (secondary N) is 1. The molecular weight excluding hydrogens is 486 g/mol.